The van der Waals surface area contributed by atoms with Gasteiger partial charge < -0.3 is 18.9 Å². The molecule has 1 fully saturated rings. The second-order valence-corrected chi connectivity index (χ2v) is 8.93. The lowest BCUT2D eigenvalue weighted by molar-refractivity contribution is -0.153. The van der Waals surface area contributed by atoms with Gasteiger partial charge in [-0.15, -0.1) is 0 Å². The molecule has 0 radical (unpaired) electrons. The quantitative estimate of drug-likeness (QED) is 0.338. The van der Waals surface area contributed by atoms with Crippen LogP contribution in [0.2, 0.25) is 0 Å². The summed E-state index contributed by atoms with van der Waals surface area (Å²) in [7, 11) is 0. The number of carbonyl (C=O) groups excluding carboxylic acids is 3. The van der Waals surface area contributed by atoms with Crippen molar-refractivity contribution in [2.45, 2.75) is 59.0 Å². The second-order valence-electron chi connectivity index (χ2n) is 8.93. The Hall–Kier alpha value is -3.29. The minimum atomic E-state index is -0.833. The molecule has 1 amide bonds. The Balaban J connectivity index is 1.49. The molecule has 8 nitrogen and oxygen atoms in total. The number of carbonyl (C=O) groups is 3. The monoisotopic (exact) mass is 427 g/mol. The average molecular weight is 427 g/mol. The predicted molar refractivity (Wildman–Crippen MR) is 110 cm³/mol. The molecular weight excluding hydrogens is 402 g/mol. The van der Waals surface area contributed by atoms with Gasteiger partial charge in [-0.25, -0.2) is 14.4 Å². The van der Waals surface area contributed by atoms with Gasteiger partial charge in [0.2, 0.25) is 0 Å². The van der Waals surface area contributed by atoms with E-state index < -0.39 is 36.0 Å². The summed E-state index contributed by atoms with van der Waals surface area (Å²) in [4.78, 5) is 36.2. The van der Waals surface area contributed by atoms with Crippen LogP contribution < -0.4 is 5.32 Å². The van der Waals surface area contributed by atoms with Crippen molar-refractivity contribution >= 4 is 23.7 Å². The number of cyclic esters (lactones) is 1. The minimum absolute atomic E-state index is 0.207. The van der Waals surface area contributed by atoms with Crippen LogP contribution in [0.5, 0.6) is 0 Å². The lowest BCUT2D eigenvalue weighted by Gasteiger charge is -2.20. The molecule has 2 unspecified atom stereocenters. The zero-order valence-corrected chi connectivity index (χ0v) is 18.1. The van der Waals surface area contributed by atoms with Crippen molar-refractivity contribution in [3.63, 3.8) is 0 Å². The first-order valence-electron chi connectivity index (χ1n) is 10.1. The van der Waals surface area contributed by atoms with Crippen LogP contribution in [0.15, 0.2) is 41.2 Å². The summed E-state index contributed by atoms with van der Waals surface area (Å²) in [6, 6.07) is 5.50. The molecule has 31 heavy (non-hydrogen) atoms. The molecule has 1 aromatic rings. The maximum atomic E-state index is 12.5. The van der Waals surface area contributed by atoms with Crippen LogP contribution in [0.1, 0.15) is 51.8 Å². The van der Waals surface area contributed by atoms with Crippen LogP contribution >= 0.6 is 0 Å². The summed E-state index contributed by atoms with van der Waals surface area (Å²) in [6.07, 6.45) is 0.108. The van der Waals surface area contributed by atoms with E-state index in [1.54, 1.807) is 46.8 Å². The third-order valence-corrected chi connectivity index (χ3v) is 5.56. The van der Waals surface area contributed by atoms with Gasteiger partial charge in [0.25, 0.3) is 6.29 Å². The van der Waals surface area contributed by atoms with Gasteiger partial charge in [0, 0.05) is 22.8 Å². The maximum Gasteiger partial charge on any atom is 0.412 e. The van der Waals surface area contributed by atoms with Crippen molar-refractivity contribution in [3.05, 3.63) is 52.3 Å². The second kappa shape index (κ2) is 7.44. The van der Waals surface area contributed by atoms with Gasteiger partial charge in [-0.3, -0.25) is 5.32 Å². The molecule has 3 aliphatic rings. The molecule has 1 N–H and O–H groups in total. The Morgan fingerprint density at radius 2 is 1.90 bits per heavy atom. The number of esters is 2. The van der Waals surface area contributed by atoms with E-state index in [0.29, 0.717) is 28.8 Å². The fourth-order valence-corrected chi connectivity index (χ4v) is 3.87. The summed E-state index contributed by atoms with van der Waals surface area (Å²) < 4.78 is 21.6. The van der Waals surface area contributed by atoms with Crippen LogP contribution in [0.25, 0.3) is 0 Å². The number of amides is 1. The third kappa shape index (κ3) is 4.02. The van der Waals surface area contributed by atoms with E-state index in [1.807, 2.05) is 6.07 Å². The zero-order valence-electron chi connectivity index (χ0n) is 18.1. The summed E-state index contributed by atoms with van der Waals surface area (Å²) in [6.45, 7) is 8.80. The number of fused-ring (bicyclic) bond motifs is 3. The molecule has 164 valence electrons. The van der Waals surface area contributed by atoms with E-state index in [4.69, 9.17) is 18.9 Å². The third-order valence-electron chi connectivity index (χ3n) is 5.56. The topological polar surface area (TPSA) is 100 Å². The van der Waals surface area contributed by atoms with E-state index in [-0.39, 0.29) is 5.92 Å². The van der Waals surface area contributed by atoms with E-state index in [9.17, 15) is 14.4 Å². The number of ether oxygens (including phenoxy) is 4. The van der Waals surface area contributed by atoms with Crippen LogP contribution in [-0.2, 0) is 35.0 Å². The van der Waals surface area contributed by atoms with Crippen molar-refractivity contribution in [2.75, 3.05) is 5.32 Å². The molecule has 1 saturated heterocycles. The number of hydrogen-bond acceptors (Lipinski definition) is 7. The summed E-state index contributed by atoms with van der Waals surface area (Å²) in [5, 5.41) is 2.71. The molecule has 3 atom stereocenters. The molecule has 0 bridgehead atoms. The molecule has 0 spiro atoms. The molecule has 1 aromatic carbocycles. The zero-order chi connectivity index (χ0) is 22.5. The van der Waals surface area contributed by atoms with Gasteiger partial charge >= 0.3 is 18.0 Å². The molecule has 4 rings (SSSR count). The first kappa shape index (κ1) is 21.0. The average Bonchev–Trinajstić information content (AvgIpc) is 3.24. The van der Waals surface area contributed by atoms with Gasteiger partial charge in [0.05, 0.1) is 11.8 Å². The Bertz CT molecular complexity index is 1030. The van der Waals surface area contributed by atoms with Crippen molar-refractivity contribution in [2.24, 2.45) is 5.92 Å². The lowest BCUT2D eigenvalue weighted by atomic mass is 9.98. The molecule has 0 aromatic heterocycles. The minimum Gasteiger partial charge on any atom is -0.458 e. The largest absolute Gasteiger partial charge is 0.458 e. The molecule has 2 heterocycles. The van der Waals surface area contributed by atoms with E-state index in [2.05, 4.69) is 5.32 Å². The Labute approximate surface area is 180 Å². The fourth-order valence-electron chi connectivity index (χ4n) is 3.87. The summed E-state index contributed by atoms with van der Waals surface area (Å²) in [5.74, 6) is -1.10. The van der Waals surface area contributed by atoms with Crippen molar-refractivity contribution in [1.29, 1.82) is 0 Å². The first-order chi connectivity index (χ1) is 14.5. The first-order valence-corrected chi connectivity index (χ1v) is 10.1. The highest BCUT2D eigenvalue weighted by Gasteiger charge is 2.47. The maximum absolute atomic E-state index is 12.5. The smallest absolute Gasteiger partial charge is 0.412 e. The Morgan fingerprint density at radius 1 is 1.16 bits per heavy atom. The normalized spacial score (nSPS) is 25.8. The molecule has 1 aliphatic carbocycles. The number of benzene rings is 1. The van der Waals surface area contributed by atoms with Gasteiger partial charge in [-0.2, -0.15) is 0 Å². The predicted octanol–water partition coefficient (Wildman–Crippen LogP) is 3.92. The highest BCUT2D eigenvalue weighted by atomic mass is 16.7. The van der Waals surface area contributed by atoms with E-state index in [1.165, 1.54) is 6.26 Å². The fraction of sp³-hybridized carbons (Fsp3) is 0.435. The van der Waals surface area contributed by atoms with E-state index in [0.717, 1.165) is 11.1 Å². The lowest BCUT2D eigenvalue weighted by Crippen LogP contribution is -2.27. The van der Waals surface area contributed by atoms with Crippen molar-refractivity contribution in [3.8, 4) is 0 Å². The van der Waals surface area contributed by atoms with Crippen LogP contribution in [0, 0.1) is 5.92 Å². The number of nitrogens with one attached hydrogen (secondary N) is 1. The van der Waals surface area contributed by atoms with Gasteiger partial charge in [-0.05, 0) is 64.3 Å². The van der Waals surface area contributed by atoms with Crippen LogP contribution in [0.4, 0.5) is 10.5 Å². The molecule has 8 heteroatoms. The number of hydrogen-bond donors (Lipinski definition) is 1. The number of anilines is 1. The van der Waals surface area contributed by atoms with Crippen molar-refractivity contribution < 1.29 is 33.3 Å². The van der Waals surface area contributed by atoms with Gasteiger partial charge in [0.1, 0.15) is 11.7 Å². The highest BCUT2D eigenvalue weighted by molar-refractivity contribution is 5.93. The van der Waals surface area contributed by atoms with Crippen LogP contribution in [-0.4, -0.2) is 29.9 Å². The Morgan fingerprint density at radius 3 is 2.55 bits per heavy atom. The van der Waals surface area contributed by atoms with Crippen molar-refractivity contribution in [1.82, 2.24) is 0 Å². The molecular formula is C23H25NO7. The van der Waals surface area contributed by atoms with E-state index >= 15 is 0 Å². The molecule has 0 saturated carbocycles. The SMILES string of the molecule is CC1=C(C)[C@H](O/C=C2/C(=O)OC3c4cc(NC(=O)OC(C)(C)C)ccc4CC23)OC1=O. The van der Waals surface area contributed by atoms with Crippen LogP contribution in [0.3, 0.4) is 0 Å². The van der Waals surface area contributed by atoms with Gasteiger partial charge in [-0.1, -0.05) is 6.07 Å². The van der Waals surface area contributed by atoms with Gasteiger partial charge in [0.15, 0.2) is 0 Å². The standard InChI is InChI=1S/C23H25NO7/c1-11-12(2)21(30-19(11)25)28-10-17-16-8-13-6-7-14(24-22(27)31-23(3,4)5)9-15(13)18(16)29-20(17)26/h6-7,9-10,16,18,21H,8H2,1-5H3,(H,24,27)/b17-10+/t16?,18?,21-/m1/s1. The summed E-state index contributed by atoms with van der Waals surface area (Å²) >= 11 is 0. The molecule has 2 aliphatic heterocycles. The highest BCUT2D eigenvalue weighted by Crippen LogP contribution is 2.48. The number of rotatable bonds is 3. The summed E-state index contributed by atoms with van der Waals surface area (Å²) in [5.41, 5.74) is 3.42. The Kier molecular flexibility index (Phi) is 5.03.